The Morgan fingerprint density at radius 2 is 2.16 bits per heavy atom. The molecule has 0 saturated carbocycles. The van der Waals surface area contributed by atoms with Gasteiger partial charge in [-0.1, -0.05) is 0 Å². The number of pyridine rings is 1. The third kappa shape index (κ3) is 3.40. The van der Waals surface area contributed by atoms with Gasteiger partial charge < -0.3 is 21.3 Å². The van der Waals surface area contributed by atoms with E-state index in [1.807, 2.05) is 21.8 Å². The average molecular weight is 469 g/mol. The van der Waals surface area contributed by atoms with E-state index in [2.05, 4.69) is 21.3 Å². The Kier molecular flexibility index (Phi) is 5.10. The number of hydrogen-bond acceptors (Lipinski definition) is 12. The Morgan fingerprint density at radius 3 is 2.88 bits per heavy atom. The minimum Gasteiger partial charge on any atom is -0.857 e. The van der Waals surface area contributed by atoms with Gasteiger partial charge in [0.05, 0.1) is 41.7 Å². The minimum absolute atomic E-state index is 0.0431. The summed E-state index contributed by atoms with van der Waals surface area (Å²) in [4.78, 5) is 10.5. The summed E-state index contributed by atoms with van der Waals surface area (Å²) in [6, 6.07) is 3.96. The summed E-state index contributed by atoms with van der Waals surface area (Å²) in [5, 5.41) is 32.7. The summed E-state index contributed by atoms with van der Waals surface area (Å²) in [5.41, 5.74) is 14.2. The van der Waals surface area contributed by atoms with Crippen LogP contribution in [-0.2, 0) is 4.74 Å². The lowest BCUT2D eigenvalue weighted by molar-refractivity contribution is -0.759. The molecule has 1 fully saturated rings. The maximum atomic E-state index is 12.9. The highest BCUT2D eigenvalue weighted by atomic mass is 32.1. The van der Waals surface area contributed by atoms with Crippen LogP contribution in [0.3, 0.4) is 0 Å². The summed E-state index contributed by atoms with van der Waals surface area (Å²) in [6.07, 6.45) is 1.52. The summed E-state index contributed by atoms with van der Waals surface area (Å²) in [7, 11) is 0. The van der Waals surface area contributed by atoms with Crippen molar-refractivity contribution in [2.45, 2.75) is 0 Å². The maximum Gasteiger partial charge on any atom is 0.324 e. The van der Waals surface area contributed by atoms with E-state index in [1.54, 1.807) is 0 Å². The van der Waals surface area contributed by atoms with Crippen molar-refractivity contribution in [3.05, 3.63) is 33.5 Å². The fourth-order valence-electron chi connectivity index (χ4n) is 3.46. The van der Waals surface area contributed by atoms with E-state index in [0.717, 1.165) is 16.9 Å². The second kappa shape index (κ2) is 8.08. The third-order valence-electron chi connectivity index (χ3n) is 4.95. The second-order valence-electron chi connectivity index (χ2n) is 6.84. The minimum atomic E-state index is -0.593. The molecule has 1 aliphatic rings. The maximum absolute atomic E-state index is 12.9. The number of nitrogens with two attached hydrogens (primary N) is 2. The van der Waals surface area contributed by atoms with Crippen molar-refractivity contribution in [3.63, 3.8) is 0 Å². The van der Waals surface area contributed by atoms with Crippen LogP contribution in [0, 0.1) is 11.3 Å². The quantitative estimate of drug-likeness (QED) is 0.249. The number of fused-ring (bicyclic) bond motifs is 1. The zero-order valence-electron chi connectivity index (χ0n) is 16.5. The standard InChI is InChI=1S/C19H16N8O3S2/c20-7-11-13(10-1-6-31-9-10)14-15(21)16(32-19(14)24-17(11)22)18(28)23-12-8-27(25-30-12)26-2-4-29-5-3-26/h1,6,8-9H,2-5H2,(H4-,21,22,23,24,25,28). The number of nitrogen functional groups attached to an aromatic ring is 2. The van der Waals surface area contributed by atoms with Crippen LogP contribution in [0.4, 0.5) is 17.4 Å². The van der Waals surface area contributed by atoms with Gasteiger partial charge in [0.25, 0.3) is 6.20 Å². The van der Waals surface area contributed by atoms with Crippen molar-refractivity contribution >= 4 is 56.2 Å². The van der Waals surface area contributed by atoms with Crippen LogP contribution in [0.2, 0.25) is 0 Å². The lowest BCUT2D eigenvalue weighted by atomic mass is 9.99. The number of aliphatic imine (C=N–C) groups is 1. The van der Waals surface area contributed by atoms with Crippen LogP contribution < -0.4 is 26.4 Å². The number of nitrogens with zero attached hydrogens (tertiary/aromatic N) is 6. The van der Waals surface area contributed by atoms with Crippen molar-refractivity contribution < 1.29 is 19.2 Å². The van der Waals surface area contributed by atoms with Gasteiger partial charge in [0.2, 0.25) is 5.27 Å². The summed E-state index contributed by atoms with van der Waals surface area (Å²) >= 11 is 2.55. The molecule has 4 aromatic rings. The van der Waals surface area contributed by atoms with Gasteiger partial charge in [-0.05, 0) is 22.4 Å². The summed E-state index contributed by atoms with van der Waals surface area (Å²) in [6.45, 7) is 2.45. The normalized spacial score (nSPS) is 14.7. The number of aromatic nitrogens is 3. The van der Waals surface area contributed by atoms with E-state index in [1.165, 1.54) is 22.3 Å². The Labute approximate surface area is 189 Å². The monoisotopic (exact) mass is 468 g/mol. The van der Waals surface area contributed by atoms with Gasteiger partial charge >= 0.3 is 5.88 Å². The zero-order chi connectivity index (χ0) is 22.2. The highest BCUT2D eigenvalue weighted by molar-refractivity contribution is 7.21. The number of rotatable bonds is 4. The first-order valence-electron chi connectivity index (χ1n) is 9.48. The highest BCUT2D eigenvalue weighted by Gasteiger charge is 2.24. The van der Waals surface area contributed by atoms with Crippen LogP contribution in [0.1, 0.15) is 10.4 Å². The Balaban J connectivity index is 1.58. The van der Waals surface area contributed by atoms with Crippen molar-refractivity contribution in [2.24, 2.45) is 4.99 Å². The first-order chi connectivity index (χ1) is 15.6. The van der Waals surface area contributed by atoms with Crippen LogP contribution in [0.15, 0.2) is 32.5 Å². The molecule has 0 bridgehead atoms. The molecule has 0 spiro atoms. The molecular weight excluding hydrogens is 452 g/mol. The molecule has 0 aromatic carbocycles. The molecule has 4 N–H and O–H groups in total. The van der Waals surface area contributed by atoms with Gasteiger partial charge in [0.15, 0.2) is 0 Å². The van der Waals surface area contributed by atoms with E-state index >= 15 is 0 Å². The third-order valence-corrected chi connectivity index (χ3v) is 6.72. The van der Waals surface area contributed by atoms with Gasteiger partial charge in [-0.3, -0.25) is 4.52 Å². The summed E-state index contributed by atoms with van der Waals surface area (Å²) < 4.78 is 10.5. The van der Waals surface area contributed by atoms with E-state index in [9.17, 15) is 10.4 Å². The predicted molar refractivity (Wildman–Crippen MR) is 118 cm³/mol. The first-order valence-corrected chi connectivity index (χ1v) is 11.2. The lowest BCUT2D eigenvalue weighted by Crippen LogP contribution is -2.62. The highest BCUT2D eigenvalue weighted by Crippen LogP contribution is 2.43. The van der Waals surface area contributed by atoms with Gasteiger partial charge in [-0.15, -0.1) is 16.3 Å². The van der Waals surface area contributed by atoms with Crippen LogP contribution >= 0.6 is 22.7 Å². The van der Waals surface area contributed by atoms with E-state index in [-0.39, 0.29) is 27.8 Å². The number of anilines is 2. The lowest BCUT2D eigenvalue weighted by Gasteiger charge is -2.18. The SMILES string of the molecule is N#Cc1c(N)nc2sc(/C([O-])=N/c3c[n+](N4CCOCC4)no3)c(N)c2c1-c1ccsc1. The fraction of sp³-hybridized carbons (Fsp3) is 0.211. The second-order valence-corrected chi connectivity index (χ2v) is 8.62. The molecule has 0 unspecified atom stereocenters. The van der Waals surface area contributed by atoms with Gasteiger partial charge in [-0.2, -0.15) is 16.6 Å². The Morgan fingerprint density at radius 1 is 1.34 bits per heavy atom. The van der Waals surface area contributed by atoms with Crippen LogP contribution in [0.5, 0.6) is 0 Å². The molecule has 11 nitrogen and oxygen atoms in total. The predicted octanol–water partition coefficient (Wildman–Crippen LogP) is 0.743. The molecular formula is C19H16N8O3S2. The van der Waals surface area contributed by atoms with Crippen molar-refractivity contribution in [3.8, 4) is 17.2 Å². The number of nitriles is 1. The van der Waals surface area contributed by atoms with Crippen LogP contribution in [-0.4, -0.2) is 42.5 Å². The average Bonchev–Trinajstić information content (AvgIpc) is 3.54. The van der Waals surface area contributed by atoms with Gasteiger partial charge in [-0.25, -0.2) is 9.98 Å². The molecule has 162 valence electrons. The molecule has 0 aliphatic carbocycles. The largest absolute Gasteiger partial charge is 0.857 e. The van der Waals surface area contributed by atoms with Gasteiger partial charge in [0.1, 0.15) is 22.3 Å². The van der Waals surface area contributed by atoms with E-state index in [0.29, 0.717) is 42.1 Å². The molecule has 1 aliphatic heterocycles. The van der Waals surface area contributed by atoms with Gasteiger partial charge in [0, 0.05) is 16.8 Å². The first kappa shape index (κ1) is 20.2. The van der Waals surface area contributed by atoms with Crippen LogP contribution in [0.25, 0.3) is 21.3 Å². The fourth-order valence-corrected chi connectivity index (χ4v) is 5.10. The topological polar surface area (TPSA) is 167 Å². The molecule has 1 saturated heterocycles. The Bertz CT molecular complexity index is 1360. The number of ether oxygens (including phenoxy) is 1. The van der Waals surface area contributed by atoms with E-state index < -0.39 is 5.90 Å². The van der Waals surface area contributed by atoms with Crippen molar-refractivity contribution in [1.29, 1.82) is 5.26 Å². The van der Waals surface area contributed by atoms with E-state index in [4.69, 9.17) is 20.7 Å². The molecule has 5 heterocycles. The smallest absolute Gasteiger partial charge is 0.324 e. The van der Waals surface area contributed by atoms with Crippen molar-refractivity contribution in [1.82, 2.24) is 10.3 Å². The Hall–Kier alpha value is -3.73. The summed E-state index contributed by atoms with van der Waals surface area (Å²) in [5.74, 6) is -0.467. The molecule has 0 atom stereocenters. The molecule has 32 heavy (non-hydrogen) atoms. The molecule has 13 heteroatoms. The number of thiophene rings is 2. The molecule has 4 aromatic heterocycles. The van der Waals surface area contributed by atoms with Crippen molar-refractivity contribution in [2.75, 3.05) is 42.8 Å². The zero-order valence-corrected chi connectivity index (χ0v) is 18.2. The number of morpholine rings is 1. The molecule has 0 radical (unpaired) electrons. The molecule has 0 amide bonds. The number of hydrogen-bond donors (Lipinski definition) is 2. The molecule has 5 rings (SSSR count).